The van der Waals surface area contributed by atoms with E-state index in [-0.39, 0.29) is 5.41 Å². The number of allylic oxidation sites excluding steroid dienone is 1. The monoisotopic (exact) mass is 444 g/mol. The lowest BCUT2D eigenvalue weighted by molar-refractivity contribution is -0.0716. The first kappa shape index (κ1) is 24.8. The highest BCUT2D eigenvalue weighted by atomic mass is 16.5. The van der Waals surface area contributed by atoms with E-state index in [1.165, 1.54) is 51.4 Å². The molecule has 3 saturated carbocycles. The van der Waals surface area contributed by atoms with Gasteiger partial charge >= 0.3 is 0 Å². The van der Waals surface area contributed by atoms with Gasteiger partial charge in [-0.3, -0.25) is 0 Å². The van der Waals surface area contributed by atoms with Crippen LogP contribution in [0.15, 0.2) is 11.6 Å². The third kappa shape index (κ3) is 4.15. The Morgan fingerprint density at radius 2 is 1.75 bits per heavy atom. The summed E-state index contributed by atoms with van der Waals surface area (Å²) in [5, 5.41) is 10.7. The number of hydrogen-bond acceptors (Lipinski definition) is 2. The van der Waals surface area contributed by atoms with Crippen LogP contribution >= 0.6 is 0 Å². The average Bonchev–Trinajstić information content (AvgIpc) is 3.05. The summed E-state index contributed by atoms with van der Waals surface area (Å²) in [5.41, 5.74) is 2.19. The van der Waals surface area contributed by atoms with Gasteiger partial charge in [0, 0.05) is 7.11 Å². The van der Waals surface area contributed by atoms with E-state index in [1.54, 1.807) is 5.57 Å². The fourth-order valence-electron chi connectivity index (χ4n) is 9.30. The SMILES string of the molecule is CO[C@@H](CC[C@@H](C)[C@H]1CC[C@H]2[C@@H]3CC=C4C[C@@](C)(O)CC[C@]4(C)[C@H]3CC[C@]12C)C(C)(C)C. The second kappa shape index (κ2) is 8.40. The predicted octanol–water partition coefficient (Wildman–Crippen LogP) is 7.79. The van der Waals surface area contributed by atoms with Gasteiger partial charge in [0.15, 0.2) is 0 Å². The van der Waals surface area contributed by atoms with Crippen LogP contribution in [0.3, 0.4) is 0 Å². The molecule has 32 heavy (non-hydrogen) atoms. The Bertz CT molecular complexity index is 715. The molecule has 0 saturated heterocycles. The van der Waals surface area contributed by atoms with Crippen molar-refractivity contribution in [3.63, 3.8) is 0 Å². The molecule has 4 aliphatic carbocycles. The molecule has 0 aromatic rings. The van der Waals surface area contributed by atoms with Crippen molar-refractivity contribution in [3.05, 3.63) is 11.6 Å². The number of methoxy groups -OCH3 is 1. The number of ether oxygens (including phenoxy) is 1. The highest BCUT2D eigenvalue weighted by Crippen LogP contribution is 2.67. The van der Waals surface area contributed by atoms with Crippen molar-refractivity contribution < 1.29 is 9.84 Å². The minimum Gasteiger partial charge on any atom is -0.390 e. The Kier molecular flexibility index (Phi) is 6.50. The lowest BCUT2D eigenvalue weighted by Crippen LogP contribution is -2.52. The van der Waals surface area contributed by atoms with E-state index in [4.69, 9.17) is 4.74 Å². The Morgan fingerprint density at radius 3 is 2.41 bits per heavy atom. The summed E-state index contributed by atoms with van der Waals surface area (Å²) in [6.07, 6.45) is 15.5. The summed E-state index contributed by atoms with van der Waals surface area (Å²) in [5.74, 6) is 4.26. The lowest BCUT2D eigenvalue weighted by Gasteiger charge is -2.59. The molecule has 0 aliphatic heterocycles. The molecule has 0 aromatic heterocycles. The molecular weight excluding hydrogens is 392 g/mol. The van der Waals surface area contributed by atoms with Crippen molar-refractivity contribution in [2.75, 3.05) is 7.11 Å². The van der Waals surface area contributed by atoms with E-state index < -0.39 is 5.60 Å². The van der Waals surface area contributed by atoms with Gasteiger partial charge in [0.25, 0.3) is 0 Å². The molecule has 2 heteroatoms. The molecule has 4 aliphatic rings. The molecule has 0 amide bonds. The van der Waals surface area contributed by atoms with Crippen molar-refractivity contribution in [2.45, 2.75) is 124 Å². The van der Waals surface area contributed by atoms with E-state index >= 15 is 0 Å². The second-order valence-electron chi connectivity index (χ2n) is 14.3. The van der Waals surface area contributed by atoms with Gasteiger partial charge < -0.3 is 9.84 Å². The van der Waals surface area contributed by atoms with Crippen LogP contribution in [0, 0.1) is 45.8 Å². The fraction of sp³-hybridized carbons (Fsp3) is 0.933. The van der Waals surface area contributed by atoms with Gasteiger partial charge in [0.1, 0.15) is 0 Å². The van der Waals surface area contributed by atoms with Crippen molar-refractivity contribution in [3.8, 4) is 0 Å². The minimum atomic E-state index is -0.484. The zero-order valence-electron chi connectivity index (χ0n) is 22.5. The Hall–Kier alpha value is -0.340. The Labute approximate surface area is 199 Å². The maximum atomic E-state index is 10.7. The first-order valence-corrected chi connectivity index (χ1v) is 13.8. The molecule has 0 aromatic carbocycles. The summed E-state index contributed by atoms with van der Waals surface area (Å²) in [6.45, 7) is 16.8. The smallest absolute Gasteiger partial charge is 0.0657 e. The van der Waals surface area contributed by atoms with Crippen LogP contribution in [0.5, 0.6) is 0 Å². The zero-order chi connectivity index (χ0) is 23.5. The van der Waals surface area contributed by atoms with E-state index in [0.29, 0.717) is 16.9 Å². The maximum absolute atomic E-state index is 10.7. The highest BCUT2D eigenvalue weighted by Gasteiger charge is 2.59. The van der Waals surface area contributed by atoms with Crippen molar-refractivity contribution in [2.24, 2.45) is 45.8 Å². The molecule has 0 heterocycles. The van der Waals surface area contributed by atoms with Gasteiger partial charge in [0.2, 0.25) is 0 Å². The van der Waals surface area contributed by atoms with Crippen LogP contribution in [-0.4, -0.2) is 23.9 Å². The van der Waals surface area contributed by atoms with Crippen LogP contribution < -0.4 is 0 Å². The predicted molar refractivity (Wildman–Crippen MR) is 134 cm³/mol. The van der Waals surface area contributed by atoms with Crippen LogP contribution in [0.1, 0.15) is 113 Å². The van der Waals surface area contributed by atoms with E-state index in [0.717, 1.165) is 42.4 Å². The van der Waals surface area contributed by atoms with Gasteiger partial charge in [-0.15, -0.1) is 0 Å². The molecule has 1 N–H and O–H groups in total. The van der Waals surface area contributed by atoms with Crippen LogP contribution in [0.4, 0.5) is 0 Å². The number of rotatable bonds is 5. The van der Waals surface area contributed by atoms with Gasteiger partial charge in [-0.1, -0.05) is 53.2 Å². The average molecular weight is 445 g/mol. The molecule has 0 unspecified atom stereocenters. The molecule has 9 atom stereocenters. The van der Waals surface area contributed by atoms with Gasteiger partial charge in [-0.25, -0.2) is 0 Å². The third-order valence-electron chi connectivity index (χ3n) is 11.3. The van der Waals surface area contributed by atoms with E-state index in [2.05, 4.69) is 47.6 Å². The molecule has 184 valence electrons. The summed E-state index contributed by atoms with van der Waals surface area (Å²) in [4.78, 5) is 0. The molecule has 2 nitrogen and oxygen atoms in total. The first-order valence-electron chi connectivity index (χ1n) is 13.8. The minimum absolute atomic E-state index is 0.223. The first-order chi connectivity index (χ1) is 14.8. The number of fused-ring (bicyclic) bond motifs is 5. The van der Waals surface area contributed by atoms with E-state index in [9.17, 15) is 5.11 Å². The van der Waals surface area contributed by atoms with Crippen LogP contribution in [0.25, 0.3) is 0 Å². The summed E-state index contributed by atoms with van der Waals surface area (Å²) in [6, 6.07) is 0. The van der Waals surface area contributed by atoms with Crippen molar-refractivity contribution in [1.29, 1.82) is 0 Å². The van der Waals surface area contributed by atoms with Crippen LogP contribution in [-0.2, 0) is 4.74 Å². The second-order valence-corrected chi connectivity index (χ2v) is 14.3. The Morgan fingerprint density at radius 1 is 1.03 bits per heavy atom. The Balaban J connectivity index is 1.48. The number of hydrogen-bond donors (Lipinski definition) is 1. The zero-order valence-corrected chi connectivity index (χ0v) is 22.5. The lowest BCUT2D eigenvalue weighted by atomic mass is 9.46. The summed E-state index contributed by atoms with van der Waals surface area (Å²) in [7, 11) is 1.89. The van der Waals surface area contributed by atoms with Crippen LogP contribution in [0.2, 0.25) is 0 Å². The fourth-order valence-corrected chi connectivity index (χ4v) is 9.30. The summed E-state index contributed by atoms with van der Waals surface area (Å²) < 4.78 is 5.88. The molecule has 3 fully saturated rings. The van der Waals surface area contributed by atoms with Crippen molar-refractivity contribution >= 4 is 0 Å². The standard InChI is InChI=1S/C30H52O2/c1-20(9-14-26(32-8)27(2,3)4)23-12-13-24-22-11-10-21-19-28(5,31)17-18-29(21,6)25(22)15-16-30(23,24)7/h10,20,22-26,31H,9,11-19H2,1-8H3/t20-,22+,23-,24+,25+,26+,28+,29+,30-/m1/s1. The maximum Gasteiger partial charge on any atom is 0.0657 e. The van der Waals surface area contributed by atoms with Gasteiger partial charge in [-0.2, -0.15) is 0 Å². The molecule has 0 bridgehead atoms. The topological polar surface area (TPSA) is 29.5 Å². The van der Waals surface area contributed by atoms with Gasteiger partial charge in [-0.05, 0) is 117 Å². The van der Waals surface area contributed by atoms with Crippen molar-refractivity contribution in [1.82, 2.24) is 0 Å². The largest absolute Gasteiger partial charge is 0.390 e. The normalized spacial score (nSPS) is 46.0. The van der Waals surface area contributed by atoms with Gasteiger partial charge in [0.05, 0.1) is 11.7 Å². The molecular formula is C30H52O2. The number of aliphatic hydroxyl groups is 1. The van der Waals surface area contributed by atoms with E-state index in [1.807, 2.05) is 14.0 Å². The third-order valence-corrected chi connectivity index (χ3v) is 11.3. The molecule has 0 radical (unpaired) electrons. The highest BCUT2D eigenvalue weighted by molar-refractivity contribution is 5.26. The molecule has 0 spiro atoms. The summed E-state index contributed by atoms with van der Waals surface area (Å²) >= 11 is 0. The quantitative estimate of drug-likeness (QED) is 0.438. The molecule has 4 rings (SSSR count).